The van der Waals surface area contributed by atoms with Gasteiger partial charge in [-0.1, -0.05) is 19.8 Å². The second-order valence-corrected chi connectivity index (χ2v) is 12.9. The predicted molar refractivity (Wildman–Crippen MR) is 167 cm³/mol. The third-order valence-electron chi connectivity index (χ3n) is 9.38. The standard InChI is InChI=1S/C31H47N9O3/c1-6-22-17-37(4)28-29(40(22)23-9-7-8-10-23)35-31(32,36-30(28)42)34-24-13-21-11-12-39(25(21)14-26(24)43-5)27(41)18-38-15-19(2)33-20(3)16-38/h11-14,19-20,22-23,33-35H,6-10,15-18,32H2,1-5H3,(H,36,42)/t19-,20+,22?,31-/m1/s1. The Morgan fingerprint density at radius 1 is 1.14 bits per heavy atom. The van der Waals surface area contributed by atoms with Gasteiger partial charge in [-0.2, -0.15) is 0 Å². The van der Waals surface area contributed by atoms with Crippen molar-refractivity contribution in [2.45, 2.75) is 83.0 Å². The van der Waals surface area contributed by atoms with Crippen LogP contribution in [-0.4, -0.2) is 101 Å². The predicted octanol–water partition coefficient (Wildman–Crippen LogP) is 1.81. The summed E-state index contributed by atoms with van der Waals surface area (Å²) in [4.78, 5) is 33.6. The fourth-order valence-corrected chi connectivity index (χ4v) is 7.59. The Morgan fingerprint density at radius 2 is 1.86 bits per heavy atom. The van der Waals surface area contributed by atoms with E-state index in [2.05, 4.69) is 51.8 Å². The minimum atomic E-state index is -1.46. The zero-order valence-corrected chi connectivity index (χ0v) is 26.1. The molecule has 1 unspecified atom stereocenters. The molecule has 12 nitrogen and oxygen atoms in total. The zero-order chi connectivity index (χ0) is 30.5. The van der Waals surface area contributed by atoms with Crippen LogP contribution in [0.2, 0.25) is 0 Å². The van der Waals surface area contributed by atoms with Crippen molar-refractivity contribution in [1.82, 2.24) is 35.2 Å². The van der Waals surface area contributed by atoms with Crippen molar-refractivity contribution in [3.63, 3.8) is 0 Å². The van der Waals surface area contributed by atoms with Crippen molar-refractivity contribution in [3.05, 3.63) is 35.9 Å². The van der Waals surface area contributed by atoms with Crippen molar-refractivity contribution in [3.8, 4) is 5.75 Å². The number of fused-ring (bicyclic) bond motifs is 1. The lowest BCUT2D eigenvalue weighted by molar-refractivity contribution is -0.123. The summed E-state index contributed by atoms with van der Waals surface area (Å²) in [6.07, 6.45) is 7.39. The van der Waals surface area contributed by atoms with Gasteiger partial charge in [-0.05, 0) is 45.2 Å². The number of ether oxygens (including phenoxy) is 1. The lowest BCUT2D eigenvalue weighted by Gasteiger charge is -2.52. The fraction of sp³-hybridized carbons (Fsp3) is 0.613. The summed E-state index contributed by atoms with van der Waals surface area (Å²) in [6, 6.07) is 7.01. The summed E-state index contributed by atoms with van der Waals surface area (Å²) in [5, 5.41) is 14.1. The SMILES string of the molecule is CCC1CN(C)C2=C(N[C@@](N)(Nc3cc4ccn(C(=O)CN5C[C@@H](C)N[C@@H](C)C5)c4cc3OC)NC2=O)N1C1CCCC1. The quantitative estimate of drug-likeness (QED) is 0.303. The molecule has 0 spiro atoms. The lowest BCUT2D eigenvalue weighted by atomic mass is 10.0. The molecule has 2 fully saturated rings. The summed E-state index contributed by atoms with van der Waals surface area (Å²) in [5.41, 5.74) is 8.85. The maximum Gasteiger partial charge on any atom is 0.275 e. The van der Waals surface area contributed by atoms with Crippen molar-refractivity contribution in [1.29, 1.82) is 0 Å². The number of piperazine rings is 1. The number of rotatable bonds is 7. The van der Waals surface area contributed by atoms with E-state index in [4.69, 9.17) is 10.5 Å². The van der Waals surface area contributed by atoms with Crippen LogP contribution in [0.25, 0.3) is 10.9 Å². The van der Waals surface area contributed by atoms with Crippen molar-refractivity contribution in [2.24, 2.45) is 5.73 Å². The third kappa shape index (κ3) is 5.63. The van der Waals surface area contributed by atoms with Crippen molar-refractivity contribution < 1.29 is 14.3 Å². The molecule has 1 aromatic heterocycles. The fourth-order valence-electron chi connectivity index (χ4n) is 7.59. The second-order valence-electron chi connectivity index (χ2n) is 12.9. The van der Waals surface area contributed by atoms with Crippen molar-refractivity contribution >= 4 is 28.4 Å². The number of hydrogen-bond acceptors (Lipinski definition) is 10. The first-order valence-electron chi connectivity index (χ1n) is 15.7. The van der Waals surface area contributed by atoms with E-state index in [-0.39, 0.29) is 17.9 Å². The van der Waals surface area contributed by atoms with E-state index in [9.17, 15) is 9.59 Å². The molecule has 0 bridgehead atoms. The van der Waals surface area contributed by atoms with Gasteiger partial charge in [0.25, 0.3) is 5.91 Å². The summed E-state index contributed by atoms with van der Waals surface area (Å²) in [5.74, 6) is -0.381. The molecule has 1 amide bonds. The number of nitrogens with one attached hydrogen (secondary N) is 4. The van der Waals surface area contributed by atoms with E-state index >= 15 is 0 Å². The topological polar surface area (TPSA) is 132 Å². The highest BCUT2D eigenvalue weighted by molar-refractivity contribution is 5.97. The number of anilines is 1. The molecule has 2 aromatic rings. The molecule has 12 heteroatoms. The van der Waals surface area contributed by atoms with Crippen LogP contribution in [0.15, 0.2) is 35.9 Å². The number of nitrogens with two attached hydrogens (primary N) is 1. The van der Waals surface area contributed by atoms with Crippen LogP contribution in [0.1, 0.15) is 57.7 Å². The molecule has 1 aliphatic carbocycles. The minimum Gasteiger partial charge on any atom is -0.495 e. The first-order chi connectivity index (χ1) is 20.6. The van der Waals surface area contributed by atoms with E-state index in [1.54, 1.807) is 11.7 Å². The van der Waals surface area contributed by atoms with Gasteiger partial charge in [0.1, 0.15) is 17.3 Å². The van der Waals surface area contributed by atoms with Crippen LogP contribution in [0.3, 0.4) is 0 Å². The monoisotopic (exact) mass is 593 g/mol. The van der Waals surface area contributed by atoms with Crippen molar-refractivity contribution in [2.75, 3.05) is 45.7 Å². The minimum absolute atomic E-state index is 0.00827. The van der Waals surface area contributed by atoms with E-state index in [1.807, 2.05) is 36.3 Å². The first kappa shape index (κ1) is 29.6. The number of hydrogen-bond donors (Lipinski definition) is 5. The van der Waals surface area contributed by atoms with Gasteiger partial charge in [0.05, 0.1) is 24.9 Å². The molecule has 6 rings (SSSR count). The number of amides is 1. The number of carbonyl (C=O) groups excluding carboxylic acids is 2. The number of nitrogens with zero attached hydrogens (tertiary/aromatic N) is 4. The average Bonchev–Trinajstić information content (AvgIpc) is 3.61. The Bertz CT molecular complexity index is 1410. The highest BCUT2D eigenvalue weighted by Gasteiger charge is 2.46. The molecule has 3 aliphatic heterocycles. The molecule has 0 radical (unpaired) electrons. The highest BCUT2D eigenvalue weighted by Crippen LogP contribution is 2.36. The molecular weight excluding hydrogens is 546 g/mol. The second kappa shape index (κ2) is 11.5. The summed E-state index contributed by atoms with van der Waals surface area (Å²) in [6.45, 7) is 9.27. The Balaban J connectivity index is 1.27. The third-order valence-corrected chi connectivity index (χ3v) is 9.38. The Hall–Kier alpha value is -3.48. The van der Waals surface area contributed by atoms with Gasteiger partial charge in [-0.3, -0.25) is 30.1 Å². The molecular formula is C31H47N9O3. The number of likely N-dealkylation sites (N-methyl/N-ethyl adjacent to an activating group) is 1. The molecule has 1 saturated heterocycles. The first-order valence-corrected chi connectivity index (χ1v) is 15.7. The van der Waals surface area contributed by atoms with Crippen LogP contribution in [-0.2, 0) is 4.79 Å². The maximum absolute atomic E-state index is 13.6. The normalized spacial score (nSPS) is 28.6. The molecule has 4 heterocycles. The Labute approximate surface area is 253 Å². The number of aromatic nitrogens is 1. The molecule has 1 aromatic carbocycles. The average molecular weight is 594 g/mol. The van der Waals surface area contributed by atoms with Crippen LogP contribution in [0.4, 0.5) is 5.69 Å². The van der Waals surface area contributed by atoms with Gasteiger partial charge in [0, 0.05) is 68.5 Å². The maximum atomic E-state index is 13.6. The molecule has 4 atom stereocenters. The van der Waals surface area contributed by atoms with Crippen LogP contribution < -0.4 is 31.7 Å². The van der Waals surface area contributed by atoms with Gasteiger partial charge in [-0.15, -0.1) is 0 Å². The number of benzene rings is 1. The van der Waals surface area contributed by atoms with Gasteiger partial charge in [-0.25, -0.2) is 0 Å². The summed E-state index contributed by atoms with van der Waals surface area (Å²) >= 11 is 0. The summed E-state index contributed by atoms with van der Waals surface area (Å²) in [7, 11) is 3.56. The molecule has 43 heavy (non-hydrogen) atoms. The summed E-state index contributed by atoms with van der Waals surface area (Å²) < 4.78 is 7.47. The van der Waals surface area contributed by atoms with E-state index in [0.29, 0.717) is 41.8 Å². The number of carbonyl (C=O) groups is 2. The number of methoxy groups -OCH3 is 1. The van der Waals surface area contributed by atoms with Gasteiger partial charge >= 0.3 is 0 Å². The van der Waals surface area contributed by atoms with Gasteiger partial charge in [0.2, 0.25) is 11.8 Å². The van der Waals surface area contributed by atoms with E-state index in [0.717, 1.165) is 55.6 Å². The molecule has 4 aliphatic rings. The smallest absolute Gasteiger partial charge is 0.275 e. The Kier molecular flexibility index (Phi) is 7.95. The van der Waals surface area contributed by atoms with Crippen LogP contribution >= 0.6 is 0 Å². The molecule has 6 N–H and O–H groups in total. The lowest BCUT2D eigenvalue weighted by Crippen LogP contribution is -2.76. The van der Waals surface area contributed by atoms with Gasteiger partial charge in [0.15, 0.2) is 0 Å². The van der Waals surface area contributed by atoms with Crippen LogP contribution in [0.5, 0.6) is 5.75 Å². The van der Waals surface area contributed by atoms with Crippen LogP contribution in [0, 0.1) is 0 Å². The highest BCUT2D eigenvalue weighted by atomic mass is 16.5. The van der Waals surface area contributed by atoms with E-state index in [1.165, 1.54) is 12.8 Å². The van der Waals surface area contributed by atoms with Gasteiger partial charge < -0.3 is 30.5 Å². The largest absolute Gasteiger partial charge is 0.495 e. The van der Waals surface area contributed by atoms with E-state index < -0.39 is 5.91 Å². The molecule has 234 valence electrons. The zero-order valence-electron chi connectivity index (χ0n) is 26.1. The Morgan fingerprint density at radius 3 is 2.53 bits per heavy atom. The molecule has 1 saturated carbocycles.